The molecule has 0 radical (unpaired) electrons. The molecule has 2 aliphatic carbocycles. The number of hydrogen-bond donors (Lipinski definition) is 0. The van der Waals surface area contributed by atoms with E-state index in [0.29, 0.717) is 0 Å². The molecule has 1 spiro atoms. The second-order valence-electron chi connectivity index (χ2n) is 8.21. The van der Waals surface area contributed by atoms with Crippen LogP contribution in [0.1, 0.15) is 22.3 Å². The van der Waals surface area contributed by atoms with Gasteiger partial charge in [0.2, 0.25) is 0 Å². The molecule has 1 atom stereocenters. The minimum absolute atomic E-state index is 0.323. The van der Waals surface area contributed by atoms with Crippen LogP contribution in [0.25, 0.3) is 33.0 Å². The smallest absolute Gasteiger partial charge is 0.0619 e. The molecule has 0 heterocycles. The Bertz CT molecular complexity index is 1510. The van der Waals surface area contributed by atoms with Gasteiger partial charge in [-0.15, -0.1) is 0 Å². The fraction of sp³-hybridized carbons (Fsp3) is 0.0345. The van der Waals surface area contributed by atoms with Crippen LogP contribution in [0.2, 0.25) is 0 Å². The van der Waals surface area contributed by atoms with Gasteiger partial charge in [-0.3, -0.25) is 0 Å². The van der Waals surface area contributed by atoms with Crippen molar-refractivity contribution in [2.24, 2.45) is 0 Å². The van der Waals surface area contributed by atoms with Gasteiger partial charge >= 0.3 is 0 Å². The van der Waals surface area contributed by atoms with Crippen molar-refractivity contribution in [3.63, 3.8) is 0 Å². The zero-order chi connectivity index (χ0) is 19.9. The van der Waals surface area contributed by atoms with Gasteiger partial charge < -0.3 is 0 Å². The molecule has 0 aromatic heterocycles. The Labute approximate surface area is 184 Å². The van der Waals surface area contributed by atoms with E-state index in [9.17, 15) is 0 Å². The van der Waals surface area contributed by atoms with Gasteiger partial charge in [-0.1, -0.05) is 113 Å². The summed E-state index contributed by atoms with van der Waals surface area (Å²) in [5, 5.41) is 2.67. The van der Waals surface area contributed by atoms with Crippen LogP contribution in [-0.4, -0.2) is 0 Å². The molecule has 0 saturated heterocycles. The van der Waals surface area contributed by atoms with Crippen molar-refractivity contribution in [3.8, 4) is 22.3 Å². The van der Waals surface area contributed by atoms with Gasteiger partial charge in [0.1, 0.15) is 0 Å². The Kier molecular flexibility index (Phi) is 3.16. The first kappa shape index (κ1) is 16.6. The van der Waals surface area contributed by atoms with E-state index in [1.165, 1.54) is 59.8 Å². The number of hydrogen-bond acceptors (Lipinski definition) is 0. The predicted molar refractivity (Wildman–Crippen MR) is 128 cm³/mol. The van der Waals surface area contributed by atoms with Gasteiger partial charge in [-0.25, -0.2) is 0 Å². The van der Waals surface area contributed by atoms with Crippen molar-refractivity contribution in [2.45, 2.75) is 5.41 Å². The molecule has 5 aromatic carbocycles. The van der Waals surface area contributed by atoms with Crippen molar-refractivity contribution in [2.75, 3.05) is 0 Å². The second-order valence-corrected chi connectivity index (χ2v) is 9.07. The summed E-state index contributed by atoms with van der Waals surface area (Å²) < 4.78 is 1.17. The summed E-state index contributed by atoms with van der Waals surface area (Å²) in [6, 6.07) is 38.0. The van der Waals surface area contributed by atoms with E-state index in [2.05, 4.69) is 119 Å². The average molecular weight is 445 g/mol. The Morgan fingerprint density at radius 1 is 0.467 bits per heavy atom. The largest absolute Gasteiger partial charge is 0.0736 e. The molecule has 1 heteroatoms. The minimum atomic E-state index is -0.323. The van der Waals surface area contributed by atoms with Crippen molar-refractivity contribution in [1.29, 1.82) is 0 Å². The molecular weight excluding hydrogens is 428 g/mol. The first-order valence-corrected chi connectivity index (χ1v) is 11.1. The fourth-order valence-electron chi connectivity index (χ4n) is 5.94. The van der Waals surface area contributed by atoms with Crippen LogP contribution in [-0.2, 0) is 5.41 Å². The quantitative estimate of drug-likeness (QED) is 0.222. The summed E-state index contributed by atoms with van der Waals surface area (Å²) in [7, 11) is 0. The lowest BCUT2D eigenvalue weighted by Crippen LogP contribution is -2.32. The molecule has 2 aliphatic rings. The Morgan fingerprint density at radius 2 is 1.00 bits per heavy atom. The highest BCUT2D eigenvalue weighted by Crippen LogP contribution is 2.62. The molecule has 1 unspecified atom stereocenters. The molecule has 5 aromatic rings. The van der Waals surface area contributed by atoms with Crippen LogP contribution in [0, 0.1) is 0 Å². The lowest BCUT2D eigenvalue weighted by molar-refractivity contribution is 0.769. The van der Waals surface area contributed by atoms with Crippen molar-refractivity contribution in [3.05, 3.63) is 130 Å². The topological polar surface area (TPSA) is 0 Å². The molecule has 0 aliphatic heterocycles. The SMILES string of the molecule is Brc1cccc2c1C1(c3ccccc3-2)c2ccccc2-c2cccc3cccc1c23. The zero-order valence-corrected chi connectivity index (χ0v) is 17.8. The number of halogens is 1. The number of fused-ring (bicyclic) bond motifs is 9. The monoisotopic (exact) mass is 444 g/mol. The first-order valence-electron chi connectivity index (χ1n) is 10.3. The summed E-state index contributed by atoms with van der Waals surface area (Å²) in [5.74, 6) is 0. The summed E-state index contributed by atoms with van der Waals surface area (Å²) in [4.78, 5) is 0. The van der Waals surface area contributed by atoms with Crippen molar-refractivity contribution in [1.82, 2.24) is 0 Å². The normalized spacial score (nSPS) is 17.6. The summed E-state index contributed by atoms with van der Waals surface area (Å²) in [5.41, 5.74) is 10.5. The highest BCUT2D eigenvalue weighted by atomic mass is 79.9. The summed E-state index contributed by atoms with van der Waals surface area (Å²) in [6.07, 6.45) is 0. The van der Waals surface area contributed by atoms with Crippen LogP contribution >= 0.6 is 15.9 Å². The summed E-state index contributed by atoms with van der Waals surface area (Å²) >= 11 is 3.96. The molecule has 0 saturated carbocycles. The molecular formula is C29H17Br. The average Bonchev–Trinajstić information content (AvgIpc) is 3.10. The van der Waals surface area contributed by atoms with Crippen LogP contribution in [0.3, 0.4) is 0 Å². The van der Waals surface area contributed by atoms with Gasteiger partial charge in [0, 0.05) is 4.47 Å². The maximum Gasteiger partial charge on any atom is 0.0736 e. The van der Waals surface area contributed by atoms with Gasteiger partial charge in [-0.05, 0) is 61.3 Å². The molecule has 0 amide bonds. The number of rotatable bonds is 0. The maximum absolute atomic E-state index is 3.96. The summed E-state index contributed by atoms with van der Waals surface area (Å²) in [6.45, 7) is 0. The second kappa shape index (κ2) is 5.71. The Balaban J connectivity index is 1.82. The predicted octanol–water partition coefficient (Wildman–Crippen LogP) is 7.95. The minimum Gasteiger partial charge on any atom is -0.0619 e. The van der Waals surface area contributed by atoms with E-state index in [1.807, 2.05) is 0 Å². The van der Waals surface area contributed by atoms with Gasteiger partial charge in [0.15, 0.2) is 0 Å². The Hall–Kier alpha value is -3.16. The third-order valence-electron chi connectivity index (χ3n) is 6.94. The van der Waals surface area contributed by atoms with Gasteiger partial charge in [-0.2, -0.15) is 0 Å². The van der Waals surface area contributed by atoms with E-state index in [-0.39, 0.29) is 5.41 Å². The molecule has 0 nitrogen and oxygen atoms in total. The molecule has 140 valence electrons. The van der Waals surface area contributed by atoms with Crippen molar-refractivity contribution < 1.29 is 0 Å². The highest BCUT2D eigenvalue weighted by molar-refractivity contribution is 9.10. The van der Waals surface area contributed by atoms with E-state index in [1.54, 1.807) is 0 Å². The van der Waals surface area contributed by atoms with E-state index < -0.39 is 0 Å². The van der Waals surface area contributed by atoms with Gasteiger partial charge in [0.25, 0.3) is 0 Å². The van der Waals surface area contributed by atoms with E-state index in [0.717, 1.165) is 0 Å². The number of benzene rings is 5. The van der Waals surface area contributed by atoms with Crippen LogP contribution in [0.4, 0.5) is 0 Å². The van der Waals surface area contributed by atoms with E-state index >= 15 is 0 Å². The molecule has 7 rings (SSSR count). The molecule has 30 heavy (non-hydrogen) atoms. The van der Waals surface area contributed by atoms with Crippen molar-refractivity contribution >= 4 is 26.7 Å². The Morgan fingerprint density at radius 3 is 1.77 bits per heavy atom. The standard InChI is InChI=1S/C29H17Br/c30-26-17-7-13-22-20-11-2-4-15-24(20)29(28(22)26)23-14-3-1-10-19(23)21-12-5-8-18-9-6-16-25(29)27(18)21/h1-17H. The maximum atomic E-state index is 3.96. The van der Waals surface area contributed by atoms with Crippen LogP contribution in [0.5, 0.6) is 0 Å². The lowest BCUT2D eigenvalue weighted by Gasteiger charge is -2.40. The van der Waals surface area contributed by atoms with Gasteiger partial charge in [0.05, 0.1) is 5.41 Å². The molecule has 0 fully saturated rings. The first-order chi connectivity index (χ1) is 14.8. The van der Waals surface area contributed by atoms with E-state index in [4.69, 9.17) is 0 Å². The molecule has 0 bridgehead atoms. The van der Waals surface area contributed by atoms with Crippen LogP contribution in [0.15, 0.2) is 108 Å². The third kappa shape index (κ3) is 1.79. The lowest BCUT2D eigenvalue weighted by atomic mass is 9.61. The third-order valence-corrected chi connectivity index (χ3v) is 7.60. The fourth-order valence-corrected chi connectivity index (χ4v) is 6.60. The highest BCUT2D eigenvalue weighted by Gasteiger charge is 2.50. The zero-order valence-electron chi connectivity index (χ0n) is 16.2. The van der Waals surface area contributed by atoms with Crippen LogP contribution < -0.4 is 0 Å². The molecule has 0 N–H and O–H groups in total.